The summed E-state index contributed by atoms with van der Waals surface area (Å²) >= 11 is 1.77. The van der Waals surface area contributed by atoms with Crippen LogP contribution < -0.4 is 0 Å². The van der Waals surface area contributed by atoms with Gasteiger partial charge in [-0.3, -0.25) is 0 Å². The van der Waals surface area contributed by atoms with Crippen molar-refractivity contribution in [2.24, 2.45) is 0 Å². The maximum atomic E-state index is 4.88. The second kappa shape index (κ2) is 6.09. The number of thioether (sulfide) groups is 1. The molecule has 0 saturated carbocycles. The summed E-state index contributed by atoms with van der Waals surface area (Å²) < 4.78 is 0. The Labute approximate surface area is 136 Å². The van der Waals surface area contributed by atoms with Crippen molar-refractivity contribution in [3.05, 3.63) is 65.9 Å². The summed E-state index contributed by atoms with van der Waals surface area (Å²) in [7, 11) is 0. The van der Waals surface area contributed by atoms with Gasteiger partial charge in [0.2, 0.25) is 0 Å². The third-order valence-corrected chi connectivity index (χ3v) is 4.50. The van der Waals surface area contributed by atoms with Crippen LogP contribution in [0.15, 0.2) is 59.6 Å². The lowest BCUT2D eigenvalue weighted by Crippen LogP contribution is -2.16. The zero-order chi connectivity index (χ0) is 15.6. The highest BCUT2D eigenvalue weighted by Gasteiger charge is 2.22. The first-order valence-corrected chi connectivity index (χ1v) is 8.46. The van der Waals surface area contributed by atoms with Crippen LogP contribution >= 0.6 is 11.8 Å². The second-order valence-corrected chi connectivity index (χ2v) is 7.35. The molecule has 3 rings (SSSR count). The van der Waals surface area contributed by atoms with Crippen molar-refractivity contribution in [3.63, 3.8) is 0 Å². The summed E-state index contributed by atoms with van der Waals surface area (Å²) in [4.78, 5) is 9.73. The third kappa shape index (κ3) is 3.30. The van der Waals surface area contributed by atoms with Gasteiger partial charge in [0, 0.05) is 11.2 Å². The van der Waals surface area contributed by atoms with Gasteiger partial charge in [-0.05, 0) is 17.7 Å². The Balaban J connectivity index is 1.99. The molecule has 0 bridgehead atoms. The van der Waals surface area contributed by atoms with Gasteiger partial charge < -0.3 is 0 Å². The number of hydrogen-bond acceptors (Lipinski definition) is 3. The van der Waals surface area contributed by atoms with Crippen LogP contribution in [0.1, 0.15) is 32.0 Å². The summed E-state index contributed by atoms with van der Waals surface area (Å²) in [5.41, 5.74) is 4.30. The molecule has 1 aromatic heterocycles. The molecule has 1 heterocycles. The van der Waals surface area contributed by atoms with E-state index in [4.69, 9.17) is 9.97 Å². The molecule has 0 saturated heterocycles. The van der Waals surface area contributed by atoms with Gasteiger partial charge in [-0.2, -0.15) is 0 Å². The first kappa shape index (κ1) is 15.0. The molecule has 0 amide bonds. The number of para-hydroxylation sites is 2. The summed E-state index contributed by atoms with van der Waals surface area (Å²) in [6.45, 7) is 6.58. The van der Waals surface area contributed by atoms with Crippen molar-refractivity contribution in [1.29, 1.82) is 0 Å². The molecule has 3 heteroatoms. The highest BCUT2D eigenvalue weighted by molar-refractivity contribution is 7.98. The first-order valence-electron chi connectivity index (χ1n) is 7.48. The summed E-state index contributed by atoms with van der Waals surface area (Å²) in [6, 6.07) is 18.6. The van der Waals surface area contributed by atoms with Crippen molar-refractivity contribution >= 4 is 22.8 Å². The lowest BCUT2D eigenvalue weighted by atomic mass is 9.92. The topological polar surface area (TPSA) is 25.8 Å². The van der Waals surface area contributed by atoms with E-state index in [-0.39, 0.29) is 5.41 Å². The molecule has 0 fully saturated rings. The van der Waals surface area contributed by atoms with Crippen molar-refractivity contribution in [3.8, 4) is 0 Å². The third-order valence-electron chi connectivity index (χ3n) is 3.47. The average Bonchev–Trinajstić information content (AvgIpc) is 2.52. The normalized spacial score (nSPS) is 11.8. The van der Waals surface area contributed by atoms with E-state index in [1.807, 2.05) is 30.3 Å². The predicted octanol–water partition coefficient (Wildman–Crippen LogP) is 5.22. The fourth-order valence-electron chi connectivity index (χ4n) is 2.30. The molecule has 3 aromatic rings. The Kier molecular flexibility index (Phi) is 4.16. The Morgan fingerprint density at radius 3 is 2.05 bits per heavy atom. The maximum Gasteiger partial charge on any atom is 0.119 e. The van der Waals surface area contributed by atoms with Gasteiger partial charge in [0.05, 0.1) is 16.7 Å². The highest BCUT2D eigenvalue weighted by atomic mass is 32.2. The van der Waals surface area contributed by atoms with Crippen LogP contribution in [0.5, 0.6) is 0 Å². The molecule has 0 aliphatic rings. The van der Waals surface area contributed by atoms with E-state index in [1.165, 1.54) is 5.56 Å². The molecule has 112 valence electrons. The number of hydrogen-bond donors (Lipinski definition) is 0. The average molecular weight is 308 g/mol. The molecule has 0 spiro atoms. The molecule has 0 atom stereocenters. The van der Waals surface area contributed by atoms with Crippen molar-refractivity contribution < 1.29 is 0 Å². The lowest BCUT2D eigenvalue weighted by Gasteiger charge is -2.21. The number of benzene rings is 2. The largest absolute Gasteiger partial charge is 0.248 e. The van der Waals surface area contributed by atoms with Crippen LogP contribution in [0.4, 0.5) is 0 Å². The van der Waals surface area contributed by atoms with Crippen molar-refractivity contribution in [1.82, 2.24) is 9.97 Å². The standard InChI is InChI=1S/C19H20N2S/c1-19(2,3)17-18(22-13-14-9-5-4-6-10-14)21-16-12-8-7-11-15(16)20-17/h4-12H,13H2,1-3H3. The fourth-order valence-corrected chi connectivity index (χ4v) is 3.45. The van der Waals surface area contributed by atoms with Crippen LogP contribution in [-0.4, -0.2) is 9.97 Å². The van der Waals surface area contributed by atoms with Crippen LogP contribution in [0.2, 0.25) is 0 Å². The van der Waals surface area contributed by atoms with Gasteiger partial charge in [-0.1, -0.05) is 75.0 Å². The molecule has 2 nitrogen and oxygen atoms in total. The van der Waals surface area contributed by atoms with E-state index >= 15 is 0 Å². The Morgan fingerprint density at radius 2 is 1.41 bits per heavy atom. The predicted molar refractivity (Wildman–Crippen MR) is 94.2 cm³/mol. The quantitative estimate of drug-likeness (QED) is 0.620. The molecule has 0 aliphatic carbocycles. The summed E-state index contributed by atoms with van der Waals surface area (Å²) in [6.07, 6.45) is 0. The van der Waals surface area contributed by atoms with E-state index in [1.54, 1.807) is 11.8 Å². The lowest BCUT2D eigenvalue weighted by molar-refractivity contribution is 0.551. The zero-order valence-corrected chi connectivity index (χ0v) is 14.0. The summed E-state index contributed by atoms with van der Waals surface area (Å²) in [5.74, 6) is 0.914. The van der Waals surface area contributed by atoms with E-state index in [2.05, 4.69) is 45.0 Å². The van der Waals surface area contributed by atoms with Gasteiger partial charge in [0.1, 0.15) is 5.03 Å². The van der Waals surface area contributed by atoms with Crippen molar-refractivity contribution in [2.75, 3.05) is 0 Å². The molecule has 0 unspecified atom stereocenters. The van der Waals surface area contributed by atoms with E-state index in [0.717, 1.165) is 27.5 Å². The Bertz CT molecular complexity index is 776. The highest BCUT2D eigenvalue weighted by Crippen LogP contribution is 2.32. The van der Waals surface area contributed by atoms with Gasteiger partial charge in [0.15, 0.2) is 0 Å². The monoisotopic (exact) mass is 308 g/mol. The van der Waals surface area contributed by atoms with Gasteiger partial charge in [-0.25, -0.2) is 9.97 Å². The molecule has 0 radical (unpaired) electrons. The summed E-state index contributed by atoms with van der Waals surface area (Å²) in [5, 5.41) is 1.04. The first-order chi connectivity index (χ1) is 10.5. The Morgan fingerprint density at radius 1 is 0.818 bits per heavy atom. The second-order valence-electron chi connectivity index (χ2n) is 6.39. The molecule has 2 aromatic carbocycles. The number of nitrogens with zero attached hydrogens (tertiary/aromatic N) is 2. The number of rotatable bonds is 3. The van der Waals surface area contributed by atoms with Gasteiger partial charge in [0.25, 0.3) is 0 Å². The minimum absolute atomic E-state index is 0.0178. The van der Waals surface area contributed by atoms with Gasteiger partial charge in [-0.15, -0.1) is 0 Å². The molecule has 22 heavy (non-hydrogen) atoms. The number of aromatic nitrogens is 2. The number of fused-ring (bicyclic) bond motifs is 1. The maximum absolute atomic E-state index is 4.88. The van der Waals surface area contributed by atoms with Crippen LogP contribution in [0.3, 0.4) is 0 Å². The van der Waals surface area contributed by atoms with Gasteiger partial charge >= 0.3 is 0 Å². The zero-order valence-electron chi connectivity index (χ0n) is 13.2. The van der Waals surface area contributed by atoms with E-state index < -0.39 is 0 Å². The fraction of sp³-hybridized carbons (Fsp3) is 0.263. The van der Waals surface area contributed by atoms with Crippen LogP contribution in [0.25, 0.3) is 11.0 Å². The molecular weight excluding hydrogens is 288 g/mol. The molecule has 0 N–H and O–H groups in total. The van der Waals surface area contributed by atoms with Crippen molar-refractivity contribution in [2.45, 2.75) is 37.0 Å². The van der Waals surface area contributed by atoms with Crippen LogP contribution in [-0.2, 0) is 11.2 Å². The van der Waals surface area contributed by atoms with E-state index in [0.29, 0.717) is 0 Å². The minimum Gasteiger partial charge on any atom is -0.248 e. The van der Waals surface area contributed by atoms with E-state index in [9.17, 15) is 0 Å². The molecule has 0 aliphatic heterocycles. The smallest absolute Gasteiger partial charge is 0.119 e. The minimum atomic E-state index is -0.0178. The molecular formula is C19H20N2S. The SMILES string of the molecule is CC(C)(C)c1nc2ccccc2nc1SCc1ccccc1. The van der Waals surface area contributed by atoms with Crippen LogP contribution in [0, 0.1) is 0 Å². The Hall–Kier alpha value is -1.87.